The zero-order valence-electron chi connectivity index (χ0n) is 10.8. The average Bonchev–Trinajstić information content (AvgIpc) is 2.90. The van der Waals surface area contributed by atoms with Gasteiger partial charge in [0.15, 0.2) is 0 Å². The Labute approximate surface area is 118 Å². The van der Waals surface area contributed by atoms with Crippen LogP contribution >= 0.6 is 12.9 Å². The first-order chi connectivity index (χ1) is 9.27. The molecule has 104 valence electrons. The first-order valence-corrected chi connectivity index (χ1v) is 6.96. The van der Waals surface area contributed by atoms with E-state index in [4.69, 9.17) is 9.29 Å². The largest absolute Gasteiger partial charge is 0.375 e. The van der Waals surface area contributed by atoms with E-state index in [1.165, 1.54) is 24.5 Å². The molecule has 0 bridgehead atoms. The number of benzene rings is 1. The molecule has 1 aliphatic heterocycles. The molecular formula is C15H19FO2S. The van der Waals surface area contributed by atoms with E-state index in [-0.39, 0.29) is 11.4 Å². The normalized spacial score (nSPS) is 25.7. The summed E-state index contributed by atoms with van der Waals surface area (Å²) in [6.07, 6.45) is 7.67. The second kappa shape index (κ2) is 6.55. The van der Waals surface area contributed by atoms with Gasteiger partial charge in [0, 0.05) is 6.61 Å². The molecule has 1 atom stereocenters. The number of rotatable bonds is 1. The summed E-state index contributed by atoms with van der Waals surface area (Å²) in [7, 11) is 0. The molecule has 2 nitrogen and oxygen atoms in total. The van der Waals surface area contributed by atoms with E-state index in [1.807, 2.05) is 6.07 Å². The minimum Gasteiger partial charge on any atom is -0.375 e. The van der Waals surface area contributed by atoms with Gasteiger partial charge >= 0.3 is 0 Å². The fourth-order valence-corrected chi connectivity index (χ4v) is 2.94. The second-order valence-electron chi connectivity index (χ2n) is 5.08. The highest BCUT2D eigenvalue weighted by Crippen LogP contribution is 2.41. The van der Waals surface area contributed by atoms with Crippen molar-refractivity contribution in [1.82, 2.24) is 0 Å². The Morgan fingerprint density at radius 1 is 1.26 bits per heavy atom. The molecule has 1 spiro atoms. The van der Waals surface area contributed by atoms with E-state index in [9.17, 15) is 4.39 Å². The molecule has 1 fully saturated rings. The zero-order valence-corrected chi connectivity index (χ0v) is 11.7. The second-order valence-corrected chi connectivity index (χ2v) is 5.08. The maximum absolute atomic E-state index is 13.2. The highest BCUT2D eigenvalue weighted by atomic mass is 32.1. The molecule has 3 rings (SSSR count). The van der Waals surface area contributed by atoms with Gasteiger partial charge in [-0.15, -0.1) is 0 Å². The SMILES string of the molecule is Fc1cccc(C2=CCC3(CCCO3)CC2)c1.OS. The Hall–Kier alpha value is -0.840. The lowest BCUT2D eigenvalue weighted by Gasteiger charge is -2.31. The molecule has 1 heterocycles. The minimum absolute atomic E-state index is 0.108. The van der Waals surface area contributed by atoms with Crippen LogP contribution in [0.3, 0.4) is 0 Å². The summed E-state index contributed by atoms with van der Waals surface area (Å²) in [5.74, 6) is -0.152. The van der Waals surface area contributed by atoms with Crippen LogP contribution in [0.2, 0.25) is 0 Å². The molecule has 1 unspecified atom stereocenters. The molecule has 0 aromatic heterocycles. The summed E-state index contributed by atoms with van der Waals surface area (Å²) < 4.78 is 25.7. The van der Waals surface area contributed by atoms with Crippen molar-refractivity contribution in [2.24, 2.45) is 0 Å². The van der Waals surface area contributed by atoms with Crippen molar-refractivity contribution in [3.8, 4) is 0 Å². The standard InChI is InChI=1S/C15H17FO.H2OS/c16-14-4-1-3-13(11-14)12-5-8-15(9-6-12)7-2-10-17-15;1-2/h1,3-5,11H,2,6-10H2;1-2H. The van der Waals surface area contributed by atoms with Crippen LogP contribution in [0.15, 0.2) is 30.3 Å². The molecule has 19 heavy (non-hydrogen) atoms. The summed E-state index contributed by atoms with van der Waals surface area (Å²) in [4.78, 5) is 0. The topological polar surface area (TPSA) is 29.5 Å². The summed E-state index contributed by atoms with van der Waals surface area (Å²) in [5, 5.41) is 0. The Bertz CT molecular complexity index is 453. The third kappa shape index (κ3) is 3.38. The summed E-state index contributed by atoms with van der Waals surface area (Å²) >= 11 is 2.53. The minimum atomic E-state index is -0.152. The van der Waals surface area contributed by atoms with Crippen molar-refractivity contribution in [1.29, 1.82) is 0 Å². The van der Waals surface area contributed by atoms with Crippen LogP contribution in [0.25, 0.3) is 5.57 Å². The van der Waals surface area contributed by atoms with Gasteiger partial charge < -0.3 is 9.29 Å². The molecule has 1 saturated heterocycles. The highest BCUT2D eigenvalue weighted by Gasteiger charge is 2.36. The lowest BCUT2D eigenvalue weighted by Crippen LogP contribution is -2.29. The van der Waals surface area contributed by atoms with Gasteiger partial charge in [-0.2, -0.15) is 0 Å². The maximum atomic E-state index is 13.2. The van der Waals surface area contributed by atoms with E-state index in [0.29, 0.717) is 0 Å². The predicted molar refractivity (Wildman–Crippen MR) is 77.8 cm³/mol. The van der Waals surface area contributed by atoms with Crippen molar-refractivity contribution in [2.75, 3.05) is 6.61 Å². The van der Waals surface area contributed by atoms with E-state index >= 15 is 0 Å². The van der Waals surface area contributed by atoms with Crippen LogP contribution in [-0.4, -0.2) is 16.8 Å². The van der Waals surface area contributed by atoms with Gasteiger partial charge in [0.1, 0.15) is 5.82 Å². The molecule has 2 aliphatic rings. The van der Waals surface area contributed by atoms with E-state index < -0.39 is 0 Å². The van der Waals surface area contributed by atoms with E-state index in [0.717, 1.165) is 31.4 Å². The Kier molecular flexibility index (Phi) is 5.02. The van der Waals surface area contributed by atoms with Crippen LogP contribution in [0, 0.1) is 5.82 Å². The van der Waals surface area contributed by atoms with Gasteiger partial charge in [-0.1, -0.05) is 18.2 Å². The van der Waals surface area contributed by atoms with Crippen LogP contribution in [-0.2, 0) is 4.74 Å². The quantitative estimate of drug-likeness (QED) is 0.593. The van der Waals surface area contributed by atoms with Crippen LogP contribution < -0.4 is 0 Å². The maximum Gasteiger partial charge on any atom is 0.123 e. The van der Waals surface area contributed by atoms with E-state index in [2.05, 4.69) is 19.0 Å². The highest BCUT2D eigenvalue weighted by molar-refractivity contribution is 7.74. The third-order valence-electron chi connectivity index (χ3n) is 3.95. The number of hydrogen-bond acceptors (Lipinski definition) is 3. The summed E-state index contributed by atoms with van der Waals surface area (Å²) in [6, 6.07) is 6.89. The first kappa shape index (κ1) is 14.6. The molecule has 1 aromatic rings. The third-order valence-corrected chi connectivity index (χ3v) is 3.95. The number of allylic oxidation sites excluding steroid dienone is 1. The molecule has 0 saturated carbocycles. The average molecular weight is 282 g/mol. The molecule has 0 amide bonds. The van der Waals surface area contributed by atoms with Gasteiger partial charge in [0.2, 0.25) is 0 Å². The number of halogens is 1. The molecule has 1 N–H and O–H groups in total. The Morgan fingerprint density at radius 2 is 2.11 bits per heavy atom. The Balaban J connectivity index is 0.000000637. The molecule has 1 aliphatic carbocycles. The number of hydrogen-bond donors (Lipinski definition) is 2. The van der Waals surface area contributed by atoms with Gasteiger partial charge in [-0.25, -0.2) is 4.39 Å². The van der Waals surface area contributed by atoms with Gasteiger partial charge in [0.05, 0.1) is 5.60 Å². The zero-order chi connectivity index (χ0) is 13.7. The van der Waals surface area contributed by atoms with Crippen molar-refractivity contribution >= 4 is 18.5 Å². The van der Waals surface area contributed by atoms with Crippen LogP contribution in [0.5, 0.6) is 0 Å². The summed E-state index contributed by atoms with van der Waals surface area (Å²) in [5.41, 5.74) is 2.40. The van der Waals surface area contributed by atoms with Crippen molar-refractivity contribution in [2.45, 2.75) is 37.7 Å². The monoisotopic (exact) mass is 282 g/mol. The van der Waals surface area contributed by atoms with Gasteiger partial charge in [-0.05, 0) is 68.3 Å². The molecule has 0 radical (unpaired) electrons. The summed E-state index contributed by atoms with van der Waals surface area (Å²) in [6.45, 7) is 0.906. The fourth-order valence-electron chi connectivity index (χ4n) is 2.94. The first-order valence-electron chi connectivity index (χ1n) is 6.56. The smallest absolute Gasteiger partial charge is 0.123 e. The predicted octanol–water partition coefficient (Wildman–Crippen LogP) is 4.33. The van der Waals surface area contributed by atoms with E-state index in [1.54, 1.807) is 12.1 Å². The van der Waals surface area contributed by atoms with Crippen molar-refractivity contribution < 1.29 is 13.7 Å². The van der Waals surface area contributed by atoms with Gasteiger partial charge in [-0.3, -0.25) is 0 Å². The lowest BCUT2D eigenvalue weighted by atomic mass is 9.81. The van der Waals surface area contributed by atoms with Crippen molar-refractivity contribution in [3.05, 3.63) is 41.7 Å². The molecule has 4 heteroatoms. The Morgan fingerprint density at radius 3 is 2.68 bits per heavy atom. The van der Waals surface area contributed by atoms with Crippen LogP contribution in [0.4, 0.5) is 4.39 Å². The van der Waals surface area contributed by atoms with Gasteiger partial charge in [0.25, 0.3) is 0 Å². The lowest BCUT2D eigenvalue weighted by molar-refractivity contribution is -0.00158. The number of thiol groups is 1. The number of ether oxygens (including phenoxy) is 1. The fraction of sp³-hybridized carbons (Fsp3) is 0.467. The molecular weight excluding hydrogens is 263 g/mol. The van der Waals surface area contributed by atoms with Crippen molar-refractivity contribution in [3.63, 3.8) is 0 Å². The molecule has 1 aromatic carbocycles. The van der Waals surface area contributed by atoms with Crippen LogP contribution in [0.1, 0.15) is 37.7 Å².